The number of halogens is 1. The topological polar surface area (TPSA) is 54.7 Å². The monoisotopic (exact) mass is 301 g/mol. The summed E-state index contributed by atoms with van der Waals surface area (Å²) in [5.74, 6) is -0.322. The first-order chi connectivity index (χ1) is 8.66. The molecule has 0 atom stereocenters. The molecule has 0 unspecified atom stereocenters. The molecule has 0 saturated heterocycles. The van der Waals surface area contributed by atoms with Crippen molar-refractivity contribution in [1.29, 1.82) is 0 Å². The van der Waals surface area contributed by atoms with Gasteiger partial charge in [-0.1, -0.05) is 0 Å². The average molecular weight is 301 g/mol. The first-order valence-corrected chi connectivity index (χ1v) is 6.32. The van der Waals surface area contributed by atoms with E-state index in [1.54, 1.807) is 6.07 Å². The number of fused-ring (bicyclic) bond motifs is 1. The Hall–Kier alpha value is -1.80. The summed E-state index contributed by atoms with van der Waals surface area (Å²) in [6.45, 7) is 0. The number of benzene rings is 2. The molecule has 3 rings (SSSR count). The van der Waals surface area contributed by atoms with Crippen LogP contribution in [0, 0.1) is 5.82 Å². The SMILES string of the molecule is Nc1ccc(-c2ccc(F)c3n[nH]c([As])c23)cc1. The number of nitrogens with two attached hydrogens (primary N) is 1. The molecule has 3 aromatic rings. The maximum atomic E-state index is 13.6. The molecule has 0 aliphatic heterocycles. The fourth-order valence-electron chi connectivity index (χ4n) is 1.98. The summed E-state index contributed by atoms with van der Waals surface area (Å²) in [7, 11) is 0. The van der Waals surface area contributed by atoms with Gasteiger partial charge in [0.1, 0.15) is 0 Å². The minimum absolute atomic E-state index is 0.322. The van der Waals surface area contributed by atoms with E-state index >= 15 is 0 Å². The van der Waals surface area contributed by atoms with Gasteiger partial charge in [0.2, 0.25) is 0 Å². The molecule has 2 aromatic carbocycles. The van der Waals surface area contributed by atoms with E-state index in [0.29, 0.717) is 11.2 Å². The molecule has 3 nitrogen and oxygen atoms in total. The summed E-state index contributed by atoms with van der Waals surface area (Å²) in [5, 5.41) is 7.57. The molecule has 0 bridgehead atoms. The van der Waals surface area contributed by atoms with Crippen molar-refractivity contribution in [3.8, 4) is 11.1 Å². The molecule has 2 radical (unpaired) electrons. The minimum atomic E-state index is -0.322. The van der Waals surface area contributed by atoms with E-state index < -0.39 is 0 Å². The van der Waals surface area contributed by atoms with Crippen LogP contribution >= 0.6 is 0 Å². The Morgan fingerprint density at radius 2 is 1.83 bits per heavy atom. The van der Waals surface area contributed by atoms with Crippen molar-refractivity contribution in [2.24, 2.45) is 0 Å². The fraction of sp³-hybridized carbons (Fsp3) is 0. The first-order valence-electron chi connectivity index (χ1n) is 5.38. The van der Waals surface area contributed by atoms with Crippen LogP contribution in [0.25, 0.3) is 22.0 Å². The van der Waals surface area contributed by atoms with Gasteiger partial charge in [0.05, 0.1) is 0 Å². The van der Waals surface area contributed by atoms with Crippen LogP contribution < -0.4 is 10.2 Å². The molecule has 1 aromatic heterocycles. The van der Waals surface area contributed by atoms with Crippen LogP contribution in [-0.2, 0) is 0 Å². The zero-order chi connectivity index (χ0) is 12.7. The number of rotatable bonds is 1. The number of nitrogens with one attached hydrogen (secondary N) is 1. The molecule has 0 aliphatic carbocycles. The molecule has 0 amide bonds. The van der Waals surface area contributed by atoms with Crippen LogP contribution in [0.4, 0.5) is 10.1 Å². The molecule has 0 fully saturated rings. The van der Waals surface area contributed by atoms with Crippen molar-refractivity contribution in [3.63, 3.8) is 0 Å². The number of H-pyrrole nitrogens is 1. The standard InChI is InChI=1S/C13H9AsFN3/c14-13-11-9(7-1-3-8(16)4-2-7)5-6-10(15)12(11)17-18-13/h1-6H,16H2,(H,17,18). The quantitative estimate of drug-likeness (QED) is 0.531. The van der Waals surface area contributed by atoms with Crippen molar-refractivity contribution < 1.29 is 4.39 Å². The van der Waals surface area contributed by atoms with Crippen LogP contribution in [0.3, 0.4) is 0 Å². The Kier molecular flexibility index (Phi) is 2.60. The molecular formula is C13H9AsFN3. The number of nitrogen functional groups attached to an aromatic ring is 1. The third-order valence-electron chi connectivity index (χ3n) is 2.86. The zero-order valence-corrected chi connectivity index (χ0v) is 11.2. The summed E-state index contributed by atoms with van der Waals surface area (Å²) in [5.41, 5.74) is 8.67. The zero-order valence-electron chi connectivity index (χ0n) is 9.31. The molecule has 1 heterocycles. The van der Waals surface area contributed by atoms with Crippen LogP contribution in [0.2, 0.25) is 0 Å². The van der Waals surface area contributed by atoms with Crippen LogP contribution in [-0.4, -0.2) is 27.1 Å². The van der Waals surface area contributed by atoms with Gasteiger partial charge in [0.15, 0.2) is 0 Å². The van der Waals surface area contributed by atoms with E-state index in [4.69, 9.17) is 5.73 Å². The summed E-state index contributed by atoms with van der Waals surface area (Å²) in [4.78, 5) is 0. The number of hydrogen-bond acceptors (Lipinski definition) is 2. The Balaban J connectivity index is 2.32. The van der Waals surface area contributed by atoms with E-state index in [2.05, 4.69) is 27.1 Å². The number of aromatic amines is 1. The average Bonchev–Trinajstić information content (AvgIpc) is 2.75. The Labute approximate surface area is 112 Å². The van der Waals surface area contributed by atoms with Crippen LogP contribution in [0.1, 0.15) is 0 Å². The molecule has 0 spiro atoms. The van der Waals surface area contributed by atoms with Gasteiger partial charge in [-0.15, -0.1) is 0 Å². The molecule has 0 aliphatic rings. The summed E-state index contributed by atoms with van der Waals surface area (Å²) < 4.78 is 14.4. The summed E-state index contributed by atoms with van der Waals surface area (Å²) in [6, 6.07) is 10.7. The van der Waals surface area contributed by atoms with Gasteiger partial charge in [0.25, 0.3) is 0 Å². The molecule has 5 heteroatoms. The van der Waals surface area contributed by atoms with Gasteiger partial charge in [-0.3, -0.25) is 0 Å². The third-order valence-corrected chi connectivity index (χ3v) is 3.54. The second-order valence-corrected chi connectivity index (χ2v) is 4.95. The Morgan fingerprint density at radius 3 is 2.56 bits per heavy atom. The summed E-state index contributed by atoms with van der Waals surface area (Å²) >= 11 is 2.37. The van der Waals surface area contributed by atoms with E-state index in [-0.39, 0.29) is 5.82 Å². The molecular weight excluding hydrogens is 292 g/mol. The van der Waals surface area contributed by atoms with E-state index in [1.165, 1.54) is 6.07 Å². The number of anilines is 1. The van der Waals surface area contributed by atoms with Gasteiger partial charge in [0, 0.05) is 0 Å². The normalized spacial score (nSPS) is 11.0. The Morgan fingerprint density at radius 1 is 1.11 bits per heavy atom. The van der Waals surface area contributed by atoms with Crippen LogP contribution in [0.5, 0.6) is 0 Å². The number of nitrogens with zero attached hydrogens (tertiary/aromatic N) is 1. The van der Waals surface area contributed by atoms with Crippen molar-refractivity contribution >= 4 is 37.9 Å². The predicted molar refractivity (Wildman–Crippen MR) is 71.3 cm³/mol. The van der Waals surface area contributed by atoms with Crippen molar-refractivity contribution in [3.05, 3.63) is 42.2 Å². The second-order valence-electron chi connectivity index (χ2n) is 4.01. The second kappa shape index (κ2) is 4.14. The fourth-order valence-corrected chi connectivity index (χ4v) is 2.56. The van der Waals surface area contributed by atoms with Crippen molar-refractivity contribution in [1.82, 2.24) is 10.2 Å². The molecule has 18 heavy (non-hydrogen) atoms. The van der Waals surface area contributed by atoms with Gasteiger partial charge >= 0.3 is 112 Å². The van der Waals surface area contributed by atoms with Crippen molar-refractivity contribution in [2.75, 3.05) is 5.73 Å². The Bertz CT molecular complexity index is 719. The molecule has 3 N–H and O–H groups in total. The number of hydrogen-bond donors (Lipinski definition) is 2. The predicted octanol–water partition coefficient (Wildman–Crippen LogP) is 1.74. The summed E-state index contributed by atoms with van der Waals surface area (Å²) in [6.07, 6.45) is 0. The van der Waals surface area contributed by atoms with E-state index in [9.17, 15) is 4.39 Å². The van der Waals surface area contributed by atoms with E-state index in [1.807, 2.05) is 24.3 Å². The maximum absolute atomic E-state index is 13.6. The number of aromatic nitrogens is 2. The third kappa shape index (κ3) is 1.70. The van der Waals surface area contributed by atoms with Gasteiger partial charge in [-0.2, -0.15) is 0 Å². The van der Waals surface area contributed by atoms with Gasteiger partial charge in [-0.25, -0.2) is 0 Å². The first kappa shape index (κ1) is 11.3. The van der Waals surface area contributed by atoms with E-state index in [0.717, 1.165) is 21.0 Å². The van der Waals surface area contributed by atoms with Crippen LogP contribution in [0.15, 0.2) is 36.4 Å². The molecule has 0 saturated carbocycles. The molecule has 88 valence electrons. The van der Waals surface area contributed by atoms with Gasteiger partial charge < -0.3 is 0 Å². The van der Waals surface area contributed by atoms with Gasteiger partial charge in [-0.05, 0) is 0 Å². The van der Waals surface area contributed by atoms with Crippen molar-refractivity contribution in [2.45, 2.75) is 0 Å².